The van der Waals surface area contributed by atoms with Gasteiger partial charge in [0.1, 0.15) is 6.04 Å². The van der Waals surface area contributed by atoms with Crippen molar-refractivity contribution in [1.29, 1.82) is 5.26 Å². The normalized spacial score (nSPS) is 21.7. The number of carbonyl (C=O) groups is 1. The van der Waals surface area contributed by atoms with Crippen LogP contribution in [0.15, 0.2) is 18.2 Å². The van der Waals surface area contributed by atoms with Crippen LogP contribution in [0.1, 0.15) is 34.8 Å². The van der Waals surface area contributed by atoms with Crippen molar-refractivity contribution in [3.05, 3.63) is 29.3 Å². The van der Waals surface area contributed by atoms with Gasteiger partial charge >= 0.3 is 0 Å². The Morgan fingerprint density at radius 3 is 2.67 bits per heavy atom. The molecule has 18 heavy (non-hydrogen) atoms. The summed E-state index contributed by atoms with van der Waals surface area (Å²) in [6, 6.07) is 7.89. The van der Waals surface area contributed by atoms with E-state index in [0.717, 1.165) is 24.1 Å². The first-order chi connectivity index (χ1) is 8.63. The Morgan fingerprint density at radius 1 is 1.39 bits per heavy atom. The van der Waals surface area contributed by atoms with Crippen LogP contribution < -0.4 is 4.90 Å². The number of carbonyl (C=O) groups excluding carboxylic acids is 1. The number of nitriles is 1. The molecule has 1 fully saturated rings. The number of nitrogens with zero attached hydrogens (tertiary/aromatic N) is 3. The third-order valence-electron chi connectivity index (χ3n) is 3.65. The lowest BCUT2D eigenvalue weighted by molar-refractivity contribution is 0.0744. The fourth-order valence-electron chi connectivity index (χ4n) is 2.52. The number of benzene rings is 1. The summed E-state index contributed by atoms with van der Waals surface area (Å²) in [6.07, 6.45) is 2.05. The summed E-state index contributed by atoms with van der Waals surface area (Å²) in [5.74, 6) is 0.0179. The maximum absolute atomic E-state index is 12.3. The van der Waals surface area contributed by atoms with Gasteiger partial charge in [-0.15, -0.1) is 0 Å². The molecule has 1 aliphatic carbocycles. The van der Waals surface area contributed by atoms with Crippen LogP contribution in [0.2, 0.25) is 0 Å². The highest BCUT2D eigenvalue weighted by atomic mass is 16.2. The molecule has 3 rings (SSSR count). The summed E-state index contributed by atoms with van der Waals surface area (Å²) in [6.45, 7) is 0. The molecular weight excluding hydrogens is 226 g/mol. The van der Waals surface area contributed by atoms with Crippen molar-refractivity contribution in [1.82, 2.24) is 4.90 Å². The highest BCUT2D eigenvalue weighted by Gasteiger charge is 2.44. The average Bonchev–Trinajstić information content (AvgIpc) is 3.15. The lowest BCUT2D eigenvalue weighted by Gasteiger charge is -2.19. The van der Waals surface area contributed by atoms with E-state index in [9.17, 15) is 10.1 Å². The van der Waals surface area contributed by atoms with Crippen LogP contribution in [0.3, 0.4) is 0 Å². The van der Waals surface area contributed by atoms with Gasteiger partial charge in [-0.1, -0.05) is 0 Å². The Labute approximate surface area is 106 Å². The van der Waals surface area contributed by atoms with E-state index in [1.54, 1.807) is 4.90 Å². The number of anilines is 1. The topological polar surface area (TPSA) is 47.3 Å². The third-order valence-corrected chi connectivity index (χ3v) is 3.65. The molecule has 1 saturated carbocycles. The van der Waals surface area contributed by atoms with Crippen molar-refractivity contribution in [2.45, 2.75) is 24.9 Å². The van der Waals surface area contributed by atoms with Crippen LogP contribution in [-0.4, -0.2) is 30.9 Å². The predicted octanol–water partition coefficient (Wildman–Crippen LogP) is 1.94. The summed E-state index contributed by atoms with van der Waals surface area (Å²) >= 11 is 0. The van der Waals surface area contributed by atoms with Crippen molar-refractivity contribution in [2.75, 3.05) is 19.0 Å². The summed E-state index contributed by atoms with van der Waals surface area (Å²) in [5.41, 5.74) is 2.58. The molecule has 2 aliphatic rings. The van der Waals surface area contributed by atoms with Crippen LogP contribution in [0.4, 0.5) is 5.69 Å². The molecule has 1 unspecified atom stereocenters. The van der Waals surface area contributed by atoms with Gasteiger partial charge in [-0.25, -0.2) is 0 Å². The minimum absolute atomic E-state index is 0.0179. The zero-order valence-corrected chi connectivity index (χ0v) is 10.6. The first kappa shape index (κ1) is 11.1. The summed E-state index contributed by atoms with van der Waals surface area (Å²) in [5, 5.41) is 9.35. The Balaban J connectivity index is 2.08. The first-order valence-corrected chi connectivity index (χ1v) is 6.17. The van der Waals surface area contributed by atoms with E-state index in [0.29, 0.717) is 5.56 Å². The minimum Gasteiger partial charge on any atom is -0.378 e. The quantitative estimate of drug-likeness (QED) is 0.795. The fraction of sp³-hybridized carbons (Fsp3) is 0.429. The Hall–Kier alpha value is -2.02. The van der Waals surface area contributed by atoms with Crippen LogP contribution >= 0.6 is 0 Å². The largest absolute Gasteiger partial charge is 0.378 e. The third kappa shape index (κ3) is 1.47. The molecule has 0 saturated heterocycles. The van der Waals surface area contributed by atoms with Crippen molar-refractivity contribution in [2.24, 2.45) is 0 Å². The molecule has 4 nitrogen and oxygen atoms in total. The Morgan fingerprint density at radius 2 is 2.11 bits per heavy atom. The molecule has 1 amide bonds. The summed E-state index contributed by atoms with van der Waals surface area (Å²) < 4.78 is 0. The number of rotatable bonds is 2. The van der Waals surface area contributed by atoms with E-state index in [-0.39, 0.29) is 11.9 Å². The van der Waals surface area contributed by atoms with Crippen LogP contribution in [0.5, 0.6) is 0 Å². The Kier molecular flexibility index (Phi) is 2.30. The molecule has 1 heterocycles. The SMILES string of the molecule is CN(C)c1ccc2c(c1)C(C#N)N(C1CC1)C2=O. The van der Waals surface area contributed by atoms with Crippen molar-refractivity contribution >= 4 is 11.6 Å². The smallest absolute Gasteiger partial charge is 0.255 e. The van der Waals surface area contributed by atoms with E-state index in [1.807, 2.05) is 37.2 Å². The van der Waals surface area contributed by atoms with Crippen LogP contribution in [-0.2, 0) is 0 Å². The fourth-order valence-corrected chi connectivity index (χ4v) is 2.52. The molecule has 1 aromatic rings. The average molecular weight is 241 g/mol. The van der Waals surface area contributed by atoms with E-state index < -0.39 is 6.04 Å². The van der Waals surface area contributed by atoms with Gasteiger partial charge in [-0.05, 0) is 31.0 Å². The number of hydrogen-bond acceptors (Lipinski definition) is 3. The molecule has 4 heteroatoms. The molecule has 92 valence electrons. The van der Waals surface area contributed by atoms with Crippen LogP contribution in [0, 0.1) is 11.3 Å². The van der Waals surface area contributed by atoms with E-state index in [4.69, 9.17) is 0 Å². The van der Waals surface area contributed by atoms with Crippen LogP contribution in [0.25, 0.3) is 0 Å². The van der Waals surface area contributed by atoms with Gasteiger partial charge < -0.3 is 9.80 Å². The molecule has 0 aromatic heterocycles. The van der Waals surface area contributed by atoms with Gasteiger partial charge in [-0.3, -0.25) is 4.79 Å². The van der Waals surface area contributed by atoms with E-state index >= 15 is 0 Å². The molecule has 0 spiro atoms. The van der Waals surface area contributed by atoms with Gasteiger partial charge in [0, 0.05) is 37.0 Å². The Bertz CT molecular complexity index is 555. The van der Waals surface area contributed by atoms with Crippen molar-refractivity contribution in [3.8, 4) is 6.07 Å². The van der Waals surface area contributed by atoms with Gasteiger partial charge in [0.15, 0.2) is 0 Å². The van der Waals surface area contributed by atoms with E-state index in [2.05, 4.69) is 6.07 Å². The predicted molar refractivity (Wildman–Crippen MR) is 68.3 cm³/mol. The molecule has 0 N–H and O–H groups in total. The second kappa shape index (κ2) is 3.74. The first-order valence-electron chi connectivity index (χ1n) is 6.17. The highest BCUT2D eigenvalue weighted by molar-refractivity contribution is 6.00. The summed E-state index contributed by atoms with van der Waals surface area (Å²) in [7, 11) is 3.91. The molecule has 0 bridgehead atoms. The van der Waals surface area contributed by atoms with E-state index in [1.165, 1.54) is 0 Å². The number of fused-ring (bicyclic) bond motifs is 1. The van der Waals surface area contributed by atoms with Crippen molar-refractivity contribution < 1.29 is 4.79 Å². The molecular formula is C14H15N3O. The van der Waals surface area contributed by atoms with Gasteiger partial charge in [0.25, 0.3) is 5.91 Å². The summed E-state index contributed by atoms with van der Waals surface area (Å²) in [4.78, 5) is 16.0. The molecule has 1 atom stereocenters. The van der Waals surface area contributed by atoms with Gasteiger partial charge in [0.2, 0.25) is 0 Å². The monoisotopic (exact) mass is 241 g/mol. The lowest BCUT2D eigenvalue weighted by atomic mass is 10.0. The minimum atomic E-state index is -0.403. The standard InChI is InChI=1S/C14H15N3O/c1-16(2)10-5-6-11-12(7-10)13(8-15)17(14(11)18)9-3-4-9/h5-7,9,13H,3-4H2,1-2H3. The van der Waals surface area contributed by atoms with Crippen molar-refractivity contribution in [3.63, 3.8) is 0 Å². The number of amides is 1. The number of hydrogen-bond donors (Lipinski definition) is 0. The van der Waals surface area contributed by atoms with Gasteiger partial charge in [0.05, 0.1) is 6.07 Å². The second-order valence-electron chi connectivity index (χ2n) is 5.14. The second-order valence-corrected chi connectivity index (χ2v) is 5.14. The molecule has 0 radical (unpaired) electrons. The highest BCUT2D eigenvalue weighted by Crippen LogP contribution is 2.42. The maximum Gasteiger partial charge on any atom is 0.255 e. The lowest BCUT2D eigenvalue weighted by Crippen LogP contribution is -2.29. The van der Waals surface area contributed by atoms with Gasteiger partial charge in [-0.2, -0.15) is 5.26 Å². The molecule has 1 aliphatic heterocycles. The maximum atomic E-state index is 12.3. The molecule has 1 aromatic carbocycles. The zero-order valence-electron chi connectivity index (χ0n) is 10.6. The zero-order chi connectivity index (χ0) is 12.9.